The highest BCUT2D eigenvalue weighted by atomic mass is 35.5. The molecule has 0 spiro atoms. The van der Waals surface area contributed by atoms with Gasteiger partial charge in [0.25, 0.3) is 5.91 Å². The fourth-order valence-electron chi connectivity index (χ4n) is 2.74. The average molecular weight is 368 g/mol. The number of carbonyl (C=O) groups excluding carboxylic acids is 1. The summed E-state index contributed by atoms with van der Waals surface area (Å²) in [5, 5.41) is 5.64. The molecular weight excluding hydrogens is 354 g/mol. The number of hydrogen-bond donors (Lipinski definition) is 1. The molecular formula is C19H14ClN3OS. The predicted molar refractivity (Wildman–Crippen MR) is 103 cm³/mol. The maximum Gasteiger partial charge on any atom is 0.272 e. The Morgan fingerprint density at radius 2 is 2.04 bits per heavy atom. The number of nitrogens with zero attached hydrogens (tertiary/aromatic N) is 2. The number of thiophene rings is 1. The molecule has 4 aromatic rings. The summed E-state index contributed by atoms with van der Waals surface area (Å²) >= 11 is 7.59. The minimum Gasteiger partial charge on any atom is -0.331 e. The molecule has 0 aliphatic carbocycles. The molecule has 1 amide bonds. The lowest BCUT2D eigenvalue weighted by molar-refractivity contribution is 0.101. The molecule has 0 bridgehead atoms. The molecule has 0 aliphatic rings. The Morgan fingerprint density at radius 1 is 1.20 bits per heavy atom. The van der Waals surface area contributed by atoms with E-state index in [0.29, 0.717) is 22.9 Å². The molecule has 0 unspecified atom stereocenters. The Balaban J connectivity index is 1.69. The smallest absolute Gasteiger partial charge is 0.272 e. The van der Waals surface area contributed by atoms with Crippen molar-refractivity contribution in [3.05, 3.63) is 82.6 Å². The maximum absolute atomic E-state index is 12.8. The Hall–Kier alpha value is -2.63. The maximum atomic E-state index is 12.8. The quantitative estimate of drug-likeness (QED) is 0.548. The van der Waals surface area contributed by atoms with Crippen LogP contribution >= 0.6 is 22.9 Å². The normalized spacial score (nSPS) is 10.9. The second-order valence-corrected chi connectivity index (χ2v) is 6.99. The van der Waals surface area contributed by atoms with E-state index in [0.717, 1.165) is 15.8 Å². The molecule has 0 radical (unpaired) electrons. The van der Waals surface area contributed by atoms with E-state index < -0.39 is 0 Å². The molecule has 0 fully saturated rings. The molecule has 1 N–H and O–H groups in total. The molecule has 0 saturated heterocycles. The zero-order valence-corrected chi connectivity index (χ0v) is 14.7. The first kappa shape index (κ1) is 15.9. The van der Waals surface area contributed by atoms with Crippen LogP contribution in [-0.2, 0) is 6.54 Å². The van der Waals surface area contributed by atoms with Crippen molar-refractivity contribution in [3.8, 4) is 0 Å². The van der Waals surface area contributed by atoms with Crippen LogP contribution in [0.5, 0.6) is 0 Å². The number of benzene rings is 1. The number of nitrogens with one attached hydrogen (secondary N) is 1. The number of aromatic nitrogens is 2. The van der Waals surface area contributed by atoms with Gasteiger partial charge in [-0.25, -0.2) is 0 Å². The highest BCUT2D eigenvalue weighted by Gasteiger charge is 2.17. The van der Waals surface area contributed by atoms with Crippen LogP contribution in [0.3, 0.4) is 0 Å². The van der Waals surface area contributed by atoms with Gasteiger partial charge in [0, 0.05) is 17.8 Å². The van der Waals surface area contributed by atoms with Gasteiger partial charge in [-0.05, 0) is 47.3 Å². The van der Waals surface area contributed by atoms with Crippen LogP contribution in [0.25, 0.3) is 10.2 Å². The van der Waals surface area contributed by atoms with Gasteiger partial charge >= 0.3 is 0 Å². The Kier molecular flexibility index (Phi) is 4.26. The van der Waals surface area contributed by atoms with Crippen LogP contribution in [0.4, 0.5) is 5.69 Å². The first-order chi connectivity index (χ1) is 12.2. The van der Waals surface area contributed by atoms with Crippen LogP contribution in [-0.4, -0.2) is 15.5 Å². The first-order valence-corrected chi connectivity index (χ1v) is 8.99. The number of hydrogen-bond acceptors (Lipinski definition) is 3. The van der Waals surface area contributed by atoms with Gasteiger partial charge < -0.3 is 9.88 Å². The molecule has 25 heavy (non-hydrogen) atoms. The number of fused-ring (bicyclic) bond motifs is 1. The Labute approximate surface area is 153 Å². The molecule has 0 saturated carbocycles. The Bertz CT molecular complexity index is 1020. The summed E-state index contributed by atoms with van der Waals surface area (Å²) in [4.78, 5) is 16.8. The summed E-state index contributed by atoms with van der Waals surface area (Å²) < 4.78 is 3.12. The third-order valence-electron chi connectivity index (χ3n) is 3.93. The van der Waals surface area contributed by atoms with Crippen LogP contribution in [0, 0.1) is 0 Å². The van der Waals surface area contributed by atoms with E-state index in [1.807, 2.05) is 52.4 Å². The van der Waals surface area contributed by atoms with Crippen LogP contribution in [0.2, 0.25) is 5.02 Å². The molecule has 3 aromatic heterocycles. The standard InChI is InChI=1S/C19H14ClN3OS/c20-14-5-3-13(4-6-14)12-23-16-7-9-25-18(16)10-17(23)19(24)22-15-2-1-8-21-11-15/h1-11H,12H2,(H,22,24). The minimum absolute atomic E-state index is 0.148. The van der Waals surface area contributed by atoms with Crippen molar-refractivity contribution in [2.24, 2.45) is 0 Å². The van der Waals surface area contributed by atoms with Crippen molar-refractivity contribution in [2.75, 3.05) is 5.32 Å². The van der Waals surface area contributed by atoms with Crippen molar-refractivity contribution in [3.63, 3.8) is 0 Å². The second-order valence-electron chi connectivity index (χ2n) is 5.61. The number of pyridine rings is 1. The fraction of sp³-hybridized carbons (Fsp3) is 0.0526. The lowest BCUT2D eigenvalue weighted by Crippen LogP contribution is -2.17. The zero-order valence-electron chi connectivity index (χ0n) is 13.1. The minimum atomic E-state index is -0.148. The zero-order chi connectivity index (χ0) is 17.2. The van der Waals surface area contributed by atoms with Crippen molar-refractivity contribution in [1.82, 2.24) is 9.55 Å². The number of halogens is 1. The van der Waals surface area contributed by atoms with E-state index in [1.54, 1.807) is 29.8 Å². The number of rotatable bonds is 4. The summed E-state index contributed by atoms with van der Waals surface area (Å²) in [5.74, 6) is -0.148. The number of carbonyl (C=O) groups is 1. The summed E-state index contributed by atoms with van der Waals surface area (Å²) in [6.07, 6.45) is 3.31. The summed E-state index contributed by atoms with van der Waals surface area (Å²) in [5.41, 5.74) is 3.44. The molecule has 4 rings (SSSR count). The second kappa shape index (κ2) is 6.70. The fourth-order valence-corrected chi connectivity index (χ4v) is 3.69. The molecule has 124 valence electrons. The number of anilines is 1. The van der Waals surface area contributed by atoms with Gasteiger partial charge in [0.15, 0.2) is 0 Å². The van der Waals surface area contributed by atoms with Gasteiger partial charge in [-0.2, -0.15) is 0 Å². The average Bonchev–Trinajstić information content (AvgIpc) is 3.20. The number of amides is 1. The molecule has 6 heteroatoms. The van der Waals surface area contributed by atoms with Gasteiger partial charge in [-0.1, -0.05) is 23.7 Å². The molecule has 3 heterocycles. The molecule has 0 atom stereocenters. The molecule has 1 aromatic carbocycles. The van der Waals surface area contributed by atoms with Crippen molar-refractivity contribution in [1.29, 1.82) is 0 Å². The third kappa shape index (κ3) is 3.29. The van der Waals surface area contributed by atoms with E-state index in [4.69, 9.17) is 11.6 Å². The van der Waals surface area contributed by atoms with Gasteiger partial charge in [-0.15, -0.1) is 11.3 Å². The van der Waals surface area contributed by atoms with Crippen LogP contribution in [0.1, 0.15) is 16.1 Å². The van der Waals surface area contributed by atoms with E-state index in [2.05, 4.69) is 10.3 Å². The van der Waals surface area contributed by atoms with E-state index in [1.165, 1.54) is 0 Å². The van der Waals surface area contributed by atoms with Gasteiger partial charge in [0.05, 0.1) is 22.1 Å². The summed E-state index contributed by atoms with van der Waals surface area (Å²) in [6, 6.07) is 15.3. The largest absolute Gasteiger partial charge is 0.331 e. The summed E-state index contributed by atoms with van der Waals surface area (Å²) in [6.45, 7) is 0.604. The monoisotopic (exact) mass is 367 g/mol. The van der Waals surface area contributed by atoms with E-state index >= 15 is 0 Å². The van der Waals surface area contributed by atoms with Gasteiger partial charge in [0.2, 0.25) is 0 Å². The highest BCUT2D eigenvalue weighted by molar-refractivity contribution is 7.17. The Morgan fingerprint density at radius 3 is 2.80 bits per heavy atom. The third-order valence-corrected chi connectivity index (χ3v) is 5.03. The lowest BCUT2D eigenvalue weighted by atomic mass is 10.2. The molecule has 4 nitrogen and oxygen atoms in total. The topological polar surface area (TPSA) is 46.9 Å². The first-order valence-electron chi connectivity index (χ1n) is 7.73. The van der Waals surface area contributed by atoms with E-state index in [-0.39, 0.29) is 5.91 Å². The van der Waals surface area contributed by atoms with Gasteiger partial charge in [-0.3, -0.25) is 9.78 Å². The SMILES string of the molecule is O=C(Nc1cccnc1)c1cc2sccc2n1Cc1ccc(Cl)cc1. The van der Waals surface area contributed by atoms with E-state index in [9.17, 15) is 4.79 Å². The van der Waals surface area contributed by atoms with Crippen molar-refractivity contribution >= 4 is 44.7 Å². The summed E-state index contributed by atoms with van der Waals surface area (Å²) in [7, 11) is 0. The molecule has 0 aliphatic heterocycles. The van der Waals surface area contributed by atoms with Crippen molar-refractivity contribution < 1.29 is 4.79 Å². The van der Waals surface area contributed by atoms with Crippen molar-refractivity contribution in [2.45, 2.75) is 6.54 Å². The highest BCUT2D eigenvalue weighted by Crippen LogP contribution is 2.27. The van der Waals surface area contributed by atoms with Gasteiger partial charge in [0.1, 0.15) is 5.69 Å². The van der Waals surface area contributed by atoms with Crippen LogP contribution in [0.15, 0.2) is 66.3 Å². The lowest BCUT2D eigenvalue weighted by Gasteiger charge is -2.11. The predicted octanol–water partition coefficient (Wildman–Crippen LogP) is 5.05. The van der Waals surface area contributed by atoms with Crippen LogP contribution < -0.4 is 5.32 Å².